The van der Waals surface area contributed by atoms with E-state index in [0.717, 1.165) is 31.6 Å². The summed E-state index contributed by atoms with van der Waals surface area (Å²) in [5.41, 5.74) is 0.738. The van der Waals surface area contributed by atoms with Gasteiger partial charge in [-0.15, -0.1) is 0 Å². The Labute approximate surface area is 112 Å². The molecule has 1 saturated carbocycles. The Hall–Kier alpha value is -1.56. The predicted octanol–water partition coefficient (Wildman–Crippen LogP) is 1.91. The highest BCUT2D eigenvalue weighted by molar-refractivity contribution is 5.89. The van der Waals surface area contributed by atoms with Gasteiger partial charge in [0.1, 0.15) is 0 Å². The maximum Gasteiger partial charge on any atom is 0.319 e. The van der Waals surface area contributed by atoms with Crippen LogP contribution in [-0.4, -0.2) is 35.1 Å². The molecule has 0 radical (unpaired) electrons. The van der Waals surface area contributed by atoms with Crippen LogP contribution >= 0.6 is 0 Å². The second-order valence-electron chi connectivity index (χ2n) is 5.31. The van der Waals surface area contributed by atoms with E-state index in [9.17, 15) is 4.79 Å². The smallest absolute Gasteiger partial charge is 0.319 e. The summed E-state index contributed by atoms with van der Waals surface area (Å²) in [6.45, 7) is 1.49. The quantitative estimate of drug-likeness (QED) is 0.876. The van der Waals surface area contributed by atoms with E-state index in [1.807, 2.05) is 10.9 Å². The van der Waals surface area contributed by atoms with Crippen LogP contribution in [0.4, 0.5) is 10.5 Å². The summed E-state index contributed by atoms with van der Waals surface area (Å²) < 4.78 is 7.20. The van der Waals surface area contributed by atoms with Crippen molar-refractivity contribution in [3.63, 3.8) is 0 Å². The Morgan fingerprint density at radius 1 is 1.37 bits per heavy atom. The van der Waals surface area contributed by atoms with Crippen LogP contribution in [0.5, 0.6) is 0 Å². The number of nitrogens with zero attached hydrogens (tertiary/aromatic N) is 2. The molecule has 0 spiro atoms. The highest BCUT2D eigenvalue weighted by Gasteiger charge is 2.20. The first-order valence-electron chi connectivity index (χ1n) is 7.01. The Bertz CT molecular complexity index is 434. The van der Waals surface area contributed by atoms with E-state index < -0.39 is 0 Å². The fourth-order valence-electron chi connectivity index (χ4n) is 2.76. The summed E-state index contributed by atoms with van der Waals surface area (Å²) in [5, 5.41) is 10.1. The van der Waals surface area contributed by atoms with Gasteiger partial charge in [0.15, 0.2) is 0 Å². The van der Waals surface area contributed by atoms with E-state index in [2.05, 4.69) is 15.7 Å². The minimum atomic E-state index is -0.130. The lowest BCUT2D eigenvalue weighted by molar-refractivity contribution is 0.184. The van der Waals surface area contributed by atoms with Gasteiger partial charge in [-0.1, -0.05) is 12.8 Å². The zero-order valence-corrected chi connectivity index (χ0v) is 11.0. The Balaban J connectivity index is 1.52. The summed E-state index contributed by atoms with van der Waals surface area (Å²) in [4.78, 5) is 11.8. The fourth-order valence-corrected chi connectivity index (χ4v) is 2.76. The summed E-state index contributed by atoms with van der Waals surface area (Å²) in [5.74, 6) is 0. The lowest BCUT2D eigenvalue weighted by Crippen LogP contribution is -2.36. The normalized spacial score (nSPS) is 23.7. The minimum Gasteiger partial charge on any atom is -0.379 e. The van der Waals surface area contributed by atoms with E-state index in [1.54, 1.807) is 6.20 Å². The molecule has 2 amide bonds. The lowest BCUT2D eigenvalue weighted by Gasteiger charge is -2.12. The van der Waals surface area contributed by atoms with E-state index in [1.165, 1.54) is 12.8 Å². The van der Waals surface area contributed by atoms with Gasteiger partial charge in [0.2, 0.25) is 0 Å². The largest absolute Gasteiger partial charge is 0.379 e. The van der Waals surface area contributed by atoms with Crippen molar-refractivity contribution in [3.05, 3.63) is 12.4 Å². The van der Waals surface area contributed by atoms with Gasteiger partial charge in [0.25, 0.3) is 0 Å². The van der Waals surface area contributed by atoms with Crippen LogP contribution in [0.3, 0.4) is 0 Å². The molecule has 1 aromatic heterocycles. The summed E-state index contributed by atoms with van der Waals surface area (Å²) in [6.07, 6.45) is 9.14. The number of nitrogens with one attached hydrogen (secondary N) is 2. The van der Waals surface area contributed by atoms with Crippen LogP contribution in [0.2, 0.25) is 0 Å². The SMILES string of the molecule is O=C(Nc1cnn([C@@H]2CCOC2)c1)NC1CCCC1. The van der Waals surface area contributed by atoms with Gasteiger partial charge < -0.3 is 15.4 Å². The monoisotopic (exact) mass is 264 g/mol. The maximum atomic E-state index is 11.8. The van der Waals surface area contributed by atoms with Gasteiger partial charge in [-0.2, -0.15) is 5.10 Å². The van der Waals surface area contributed by atoms with E-state index >= 15 is 0 Å². The minimum absolute atomic E-state index is 0.130. The Morgan fingerprint density at radius 2 is 2.21 bits per heavy atom. The number of carbonyl (C=O) groups excluding carboxylic acids is 1. The van der Waals surface area contributed by atoms with Crippen molar-refractivity contribution in [2.75, 3.05) is 18.5 Å². The molecule has 1 aromatic rings. The van der Waals surface area contributed by atoms with Gasteiger partial charge in [-0.05, 0) is 19.3 Å². The van der Waals surface area contributed by atoms with Crippen LogP contribution in [0, 0.1) is 0 Å². The molecular weight excluding hydrogens is 244 g/mol. The summed E-state index contributed by atoms with van der Waals surface area (Å²) in [7, 11) is 0. The number of amides is 2. The van der Waals surface area contributed by atoms with Crippen molar-refractivity contribution in [1.29, 1.82) is 0 Å². The van der Waals surface area contributed by atoms with Gasteiger partial charge in [-0.25, -0.2) is 4.79 Å². The molecule has 104 valence electrons. The molecule has 2 heterocycles. The van der Waals surface area contributed by atoms with Crippen molar-refractivity contribution >= 4 is 11.7 Å². The molecule has 2 aliphatic rings. The first kappa shape index (κ1) is 12.5. The number of carbonyl (C=O) groups is 1. The van der Waals surface area contributed by atoms with Crippen molar-refractivity contribution in [2.24, 2.45) is 0 Å². The van der Waals surface area contributed by atoms with Crippen molar-refractivity contribution in [3.8, 4) is 0 Å². The molecule has 2 N–H and O–H groups in total. The first-order chi connectivity index (χ1) is 9.31. The third-order valence-electron chi connectivity index (χ3n) is 3.83. The second-order valence-corrected chi connectivity index (χ2v) is 5.31. The first-order valence-corrected chi connectivity index (χ1v) is 7.01. The predicted molar refractivity (Wildman–Crippen MR) is 71.1 cm³/mol. The van der Waals surface area contributed by atoms with E-state index in [0.29, 0.717) is 18.7 Å². The molecule has 3 rings (SSSR count). The number of aromatic nitrogens is 2. The molecule has 1 aliphatic carbocycles. The molecule has 1 atom stereocenters. The van der Waals surface area contributed by atoms with Gasteiger partial charge in [-0.3, -0.25) is 4.68 Å². The molecule has 1 saturated heterocycles. The molecule has 0 bridgehead atoms. The third-order valence-corrected chi connectivity index (χ3v) is 3.83. The average molecular weight is 264 g/mol. The summed E-state index contributed by atoms with van der Waals surface area (Å²) in [6, 6.07) is 0.501. The average Bonchev–Trinajstić information content (AvgIpc) is 3.09. The van der Waals surface area contributed by atoms with Gasteiger partial charge >= 0.3 is 6.03 Å². The third kappa shape index (κ3) is 3.07. The molecule has 6 heteroatoms. The van der Waals surface area contributed by atoms with Crippen molar-refractivity contribution in [2.45, 2.75) is 44.2 Å². The van der Waals surface area contributed by atoms with Crippen molar-refractivity contribution in [1.82, 2.24) is 15.1 Å². The number of urea groups is 1. The van der Waals surface area contributed by atoms with Crippen LogP contribution < -0.4 is 10.6 Å². The zero-order chi connectivity index (χ0) is 13.1. The fraction of sp³-hybridized carbons (Fsp3) is 0.692. The topological polar surface area (TPSA) is 68.2 Å². The summed E-state index contributed by atoms with van der Waals surface area (Å²) >= 11 is 0. The molecule has 2 fully saturated rings. The standard InChI is InChI=1S/C13H20N4O2/c18-13(15-10-3-1-2-4-10)16-11-7-14-17(8-11)12-5-6-19-9-12/h7-8,10,12H,1-6,9H2,(H2,15,16,18)/t12-/m1/s1. The molecular formula is C13H20N4O2. The number of hydrogen-bond donors (Lipinski definition) is 2. The van der Waals surface area contributed by atoms with Crippen LogP contribution in [0.1, 0.15) is 38.1 Å². The number of ether oxygens (including phenoxy) is 1. The molecule has 1 aliphatic heterocycles. The lowest BCUT2D eigenvalue weighted by atomic mass is 10.2. The Morgan fingerprint density at radius 3 is 2.95 bits per heavy atom. The van der Waals surface area contributed by atoms with Crippen LogP contribution in [-0.2, 0) is 4.74 Å². The highest BCUT2D eigenvalue weighted by Crippen LogP contribution is 2.20. The van der Waals surface area contributed by atoms with Gasteiger partial charge in [0, 0.05) is 18.8 Å². The highest BCUT2D eigenvalue weighted by atomic mass is 16.5. The number of hydrogen-bond acceptors (Lipinski definition) is 3. The molecule has 0 unspecified atom stereocenters. The zero-order valence-electron chi connectivity index (χ0n) is 11.0. The molecule has 19 heavy (non-hydrogen) atoms. The number of rotatable bonds is 3. The maximum absolute atomic E-state index is 11.8. The second kappa shape index (κ2) is 5.61. The van der Waals surface area contributed by atoms with Crippen molar-refractivity contribution < 1.29 is 9.53 Å². The number of anilines is 1. The van der Waals surface area contributed by atoms with E-state index in [4.69, 9.17) is 4.74 Å². The van der Waals surface area contributed by atoms with Crippen LogP contribution in [0.15, 0.2) is 12.4 Å². The van der Waals surface area contributed by atoms with Gasteiger partial charge in [0.05, 0.1) is 24.5 Å². The van der Waals surface area contributed by atoms with Crippen LogP contribution in [0.25, 0.3) is 0 Å². The Kier molecular flexibility index (Phi) is 3.68. The molecule has 6 nitrogen and oxygen atoms in total. The molecule has 0 aromatic carbocycles. The van der Waals surface area contributed by atoms with E-state index in [-0.39, 0.29) is 6.03 Å².